The van der Waals surface area contributed by atoms with Crippen LogP contribution in [-0.2, 0) is 11.3 Å². The largest absolute Gasteiger partial charge is 0.496 e. The van der Waals surface area contributed by atoms with Crippen LogP contribution < -0.4 is 4.74 Å². The molecule has 1 amide bonds. The van der Waals surface area contributed by atoms with E-state index in [0.29, 0.717) is 6.54 Å². The average molecular weight is 326 g/mol. The van der Waals surface area contributed by atoms with Crippen molar-refractivity contribution in [1.82, 2.24) is 19.8 Å². The molecular weight excluding hydrogens is 304 g/mol. The summed E-state index contributed by atoms with van der Waals surface area (Å²) in [6, 6.07) is 7.88. The average Bonchev–Trinajstić information content (AvgIpc) is 2.62. The van der Waals surface area contributed by atoms with Crippen LogP contribution in [0.1, 0.15) is 24.2 Å². The first kappa shape index (κ1) is 16.4. The van der Waals surface area contributed by atoms with Gasteiger partial charge in [-0.25, -0.2) is 0 Å². The summed E-state index contributed by atoms with van der Waals surface area (Å²) in [5.41, 5.74) is 1.98. The molecule has 0 spiro atoms. The molecule has 126 valence electrons. The minimum Gasteiger partial charge on any atom is -0.496 e. The van der Waals surface area contributed by atoms with Crippen LogP contribution in [0.25, 0.3) is 0 Å². The van der Waals surface area contributed by atoms with Gasteiger partial charge in [0.2, 0.25) is 5.91 Å². The summed E-state index contributed by atoms with van der Waals surface area (Å²) in [6.45, 7) is 4.61. The van der Waals surface area contributed by atoms with Crippen molar-refractivity contribution in [1.29, 1.82) is 0 Å². The fraction of sp³-hybridized carbons (Fsp3) is 0.389. The number of ether oxygens (including phenoxy) is 1. The Labute approximate surface area is 142 Å². The van der Waals surface area contributed by atoms with E-state index in [1.54, 1.807) is 32.6 Å². The van der Waals surface area contributed by atoms with E-state index in [1.165, 1.54) is 0 Å². The highest BCUT2D eigenvalue weighted by atomic mass is 16.5. The fourth-order valence-electron chi connectivity index (χ4n) is 3.21. The van der Waals surface area contributed by atoms with Gasteiger partial charge in [0.15, 0.2) is 0 Å². The van der Waals surface area contributed by atoms with E-state index in [1.807, 2.05) is 29.2 Å². The van der Waals surface area contributed by atoms with Crippen molar-refractivity contribution < 1.29 is 9.53 Å². The van der Waals surface area contributed by atoms with Crippen molar-refractivity contribution in [3.63, 3.8) is 0 Å². The van der Waals surface area contributed by atoms with E-state index in [4.69, 9.17) is 4.74 Å². The monoisotopic (exact) mass is 326 g/mol. The van der Waals surface area contributed by atoms with E-state index >= 15 is 0 Å². The zero-order valence-corrected chi connectivity index (χ0v) is 14.1. The minimum absolute atomic E-state index is 0.0240. The maximum absolute atomic E-state index is 12.1. The number of hydrogen-bond acceptors (Lipinski definition) is 5. The van der Waals surface area contributed by atoms with Crippen LogP contribution in [0.2, 0.25) is 0 Å². The summed E-state index contributed by atoms with van der Waals surface area (Å²) in [5.74, 6) is 0.903. The van der Waals surface area contributed by atoms with Crippen molar-refractivity contribution in [3.8, 4) is 5.75 Å². The maximum atomic E-state index is 12.1. The second-order valence-electron chi connectivity index (χ2n) is 5.90. The molecule has 1 aliphatic rings. The highest BCUT2D eigenvalue weighted by Gasteiger charge is 2.31. The number of amides is 1. The lowest BCUT2D eigenvalue weighted by Crippen LogP contribution is -2.49. The molecule has 0 aliphatic carbocycles. The number of rotatable bonds is 4. The van der Waals surface area contributed by atoms with Crippen LogP contribution in [0, 0.1) is 0 Å². The molecule has 6 nitrogen and oxygen atoms in total. The third-order valence-electron chi connectivity index (χ3n) is 4.37. The minimum atomic E-state index is -0.0240. The smallest absolute Gasteiger partial charge is 0.220 e. The number of methoxy groups -OCH3 is 1. The van der Waals surface area contributed by atoms with Gasteiger partial charge < -0.3 is 9.64 Å². The van der Waals surface area contributed by atoms with Crippen LogP contribution in [0.4, 0.5) is 0 Å². The zero-order chi connectivity index (χ0) is 16.9. The lowest BCUT2D eigenvalue weighted by molar-refractivity contribution is -0.134. The van der Waals surface area contributed by atoms with Crippen molar-refractivity contribution in [2.24, 2.45) is 0 Å². The number of nitrogens with zero attached hydrogens (tertiary/aromatic N) is 4. The number of carbonyl (C=O) groups excluding carboxylic acids is 1. The van der Waals surface area contributed by atoms with E-state index < -0.39 is 0 Å². The van der Waals surface area contributed by atoms with Gasteiger partial charge in [0.25, 0.3) is 0 Å². The zero-order valence-electron chi connectivity index (χ0n) is 14.1. The van der Waals surface area contributed by atoms with Crippen LogP contribution in [0.5, 0.6) is 5.75 Å². The van der Waals surface area contributed by atoms with Crippen LogP contribution >= 0.6 is 0 Å². The second-order valence-corrected chi connectivity index (χ2v) is 5.90. The Kier molecular flexibility index (Phi) is 5.05. The fourth-order valence-corrected chi connectivity index (χ4v) is 3.21. The van der Waals surface area contributed by atoms with E-state index in [2.05, 4.69) is 14.9 Å². The predicted molar refractivity (Wildman–Crippen MR) is 90.4 cm³/mol. The topological polar surface area (TPSA) is 58.6 Å². The molecule has 24 heavy (non-hydrogen) atoms. The van der Waals surface area contributed by atoms with Crippen LogP contribution in [0.3, 0.4) is 0 Å². The lowest BCUT2D eigenvalue weighted by atomic mass is 10.0. The molecule has 6 heteroatoms. The molecule has 0 bridgehead atoms. The van der Waals surface area contributed by atoms with Gasteiger partial charge in [-0.3, -0.25) is 19.7 Å². The quantitative estimate of drug-likeness (QED) is 0.859. The Morgan fingerprint density at radius 1 is 1.29 bits per heavy atom. The second kappa shape index (κ2) is 7.40. The first-order valence-corrected chi connectivity index (χ1v) is 8.06. The number of aromatic nitrogens is 2. The van der Waals surface area contributed by atoms with Crippen molar-refractivity contribution >= 4 is 5.91 Å². The van der Waals surface area contributed by atoms with Gasteiger partial charge >= 0.3 is 0 Å². The first-order valence-electron chi connectivity index (χ1n) is 8.06. The standard InChI is InChI=1S/C18H22N4O2/c1-14(23)22-10-9-21(12-15-11-19-7-8-20-15)13-17(22)16-5-3-4-6-18(16)24-2/h3-8,11,17H,9-10,12-13H2,1-2H3/t17-/m0/s1. The molecule has 1 fully saturated rings. The van der Waals surface area contributed by atoms with Gasteiger partial charge in [-0.1, -0.05) is 18.2 Å². The number of carbonyl (C=O) groups is 1. The molecule has 0 unspecified atom stereocenters. The summed E-state index contributed by atoms with van der Waals surface area (Å²) < 4.78 is 5.50. The van der Waals surface area contributed by atoms with Crippen molar-refractivity contribution in [3.05, 3.63) is 54.1 Å². The van der Waals surface area contributed by atoms with Crippen molar-refractivity contribution in [2.75, 3.05) is 26.7 Å². The van der Waals surface area contributed by atoms with Gasteiger partial charge in [-0.05, 0) is 6.07 Å². The Bertz CT molecular complexity index is 692. The Morgan fingerprint density at radius 2 is 2.12 bits per heavy atom. The van der Waals surface area contributed by atoms with Crippen LogP contribution in [0.15, 0.2) is 42.9 Å². The number of benzene rings is 1. The SMILES string of the molecule is COc1ccccc1[C@@H]1CN(Cc2cnccn2)CCN1C(C)=O. The summed E-state index contributed by atoms with van der Waals surface area (Å²) in [7, 11) is 1.66. The summed E-state index contributed by atoms with van der Waals surface area (Å²) >= 11 is 0. The van der Waals surface area contributed by atoms with Gasteiger partial charge in [0, 0.05) is 57.3 Å². The Balaban J connectivity index is 1.83. The molecule has 3 rings (SSSR count). The number of hydrogen-bond donors (Lipinski definition) is 0. The molecule has 0 N–H and O–H groups in total. The third kappa shape index (κ3) is 3.54. The number of piperazine rings is 1. The highest BCUT2D eigenvalue weighted by Crippen LogP contribution is 2.32. The van der Waals surface area contributed by atoms with E-state index in [0.717, 1.165) is 36.6 Å². The number of para-hydroxylation sites is 1. The van der Waals surface area contributed by atoms with Gasteiger partial charge in [-0.15, -0.1) is 0 Å². The molecule has 1 aromatic heterocycles. The normalized spacial score (nSPS) is 18.4. The first-order chi connectivity index (χ1) is 11.7. The predicted octanol–water partition coefficient (Wildman–Crippen LogP) is 1.89. The lowest BCUT2D eigenvalue weighted by Gasteiger charge is -2.41. The summed E-state index contributed by atoms with van der Waals surface area (Å²) in [5, 5.41) is 0. The third-order valence-corrected chi connectivity index (χ3v) is 4.37. The molecule has 0 radical (unpaired) electrons. The summed E-state index contributed by atoms with van der Waals surface area (Å²) in [4.78, 5) is 24.8. The van der Waals surface area contributed by atoms with Crippen molar-refractivity contribution in [2.45, 2.75) is 19.5 Å². The highest BCUT2D eigenvalue weighted by molar-refractivity contribution is 5.74. The molecule has 1 aliphatic heterocycles. The molecular formula is C18H22N4O2. The molecule has 0 saturated carbocycles. The van der Waals surface area contributed by atoms with Crippen LogP contribution in [-0.4, -0.2) is 52.4 Å². The molecule has 2 aromatic rings. The Morgan fingerprint density at radius 3 is 2.83 bits per heavy atom. The molecule has 2 heterocycles. The summed E-state index contributed by atoms with van der Waals surface area (Å²) in [6.07, 6.45) is 5.17. The Hall–Kier alpha value is -2.47. The molecule has 1 aromatic carbocycles. The maximum Gasteiger partial charge on any atom is 0.220 e. The van der Waals surface area contributed by atoms with E-state index in [-0.39, 0.29) is 11.9 Å². The van der Waals surface area contributed by atoms with Gasteiger partial charge in [0.05, 0.1) is 18.8 Å². The van der Waals surface area contributed by atoms with Gasteiger partial charge in [0.1, 0.15) is 5.75 Å². The molecule has 1 saturated heterocycles. The van der Waals surface area contributed by atoms with E-state index in [9.17, 15) is 4.79 Å². The van der Waals surface area contributed by atoms with Gasteiger partial charge in [-0.2, -0.15) is 0 Å². The molecule has 1 atom stereocenters.